The topological polar surface area (TPSA) is 122 Å². The highest BCUT2D eigenvalue weighted by Gasteiger charge is 2.22. The molecular formula is C22H24N6O3. The molecule has 0 fully saturated rings. The number of amides is 2. The maximum absolute atomic E-state index is 12.5. The molecule has 4 rings (SSSR count). The van der Waals surface area contributed by atoms with E-state index in [1.165, 1.54) is 4.68 Å². The van der Waals surface area contributed by atoms with Crippen molar-refractivity contribution in [3.05, 3.63) is 69.3 Å². The van der Waals surface area contributed by atoms with E-state index in [0.29, 0.717) is 17.7 Å². The third-order valence-corrected chi connectivity index (χ3v) is 5.31. The van der Waals surface area contributed by atoms with Crippen molar-refractivity contribution in [2.75, 3.05) is 5.32 Å². The van der Waals surface area contributed by atoms with Gasteiger partial charge in [0.25, 0.3) is 5.56 Å². The lowest BCUT2D eigenvalue weighted by molar-refractivity contribution is -0.136. The van der Waals surface area contributed by atoms with Crippen molar-refractivity contribution in [3.63, 3.8) is 0 Å². The number of benzene rings is 1. The summed E-state index contributed by atoms with van der Waals surface area (Å²) in [5, 5.41) is 9.58. The molecule has 0 saturated carbocycles. The number of aryl methyl sites for hydroxylation is 2. The molecule has 2 aromatic heterocycles. The Morgan fingerprint density at radius 2 is 1.87 bits per heavy atom. The van der Waals surface area contributed by atoms with Crippen LogP contribution in [-0.4, -0.2) is 31.6 Å². The number of anilines is 1. The van der Waals surface area contributed by atoms with Crippen molar-refractivity contribution in [1.82, 2.24) is 25.1 Å². The van der Waals surface area contributed by atoms with Crippen LogP contribution in [0.2, 0.25) is 0 Å². The van der Waals surface area contributed by atoms with Crippen LogP contribution in [0.4, 0.5) is 5.82 Å². The van der Waals surface area contributed by atoms with E-state index in [1.54, 1.807) is 19.9 Å². The Hall–Kier alpha value is -3.75. The fourth-order valence-corrected chi connectivity index (χ4v) is 3.70. The average Bonchev–Trinajstić information content (AvgIpc) is 3.14. The average molecular weight is 420 g/mol. The molecule has 2 heterocycles. The fraction of sp³-hybridized carbons (Fsp3) is 0.318. The standard InChI is InChI=1S/C22H24N6O3/c1-13-12-18(25-21(31)20(30)23-14(2)15-8-4-3-5-9-15)28(27-13)22-24-17-11-7-6-10-16(17)19(29)26-22/h3-5,8-9,12,14H,6-7,10-11H2,1-2H3,(H,23,30)(H,25,31)(H,24,26,29). The Kier molecular flexibility index (Phi) is 5.66. The summed E-state index contributed by atoms with van der Waals surface area (Å²) in [6.45, 7) is 3.55. The number of nitrogens with zero attached hydrogens (tertiary/aromatic N) is 3. The zero-order chi connectivity index (χ0) is 22.0. The van der Waals surface area contributed by atoms with Crippen LogP contribution in [0.3, 0.4) is 0 Å². The predicted molar refractivity (Wildman–Crippen MR) is 115 cm³/mol. The first-order valence-electron chi connectivity index (χ1n) is 10.3. The monoisotopic (exact) mass is 420 g/mol. The molecule has 3 N–H and O–H groups in total. The molecule has 0 aliphatic heterocycles. The number of rotatable bonds is 4. The molecule has 2 amide bonds. The molecule has 1 aliphatic carbocycles. The number of aromatic nitrogens is 4. The Morgan fingerprint density at radius 3 is 2.65 bits per heavy atom. The van der Waals surface area contributed by atoms with E-state index in [0.717, 1.165) is 30.5 Å². The van der Waals surface area contributed by atoms with E-state index in [2.05, 4.69) is 25.7 Å². The molecular weight excluding hydrogens is 396 g/mol. The van der Waals surface area contributed by atoms with Crippen LogP contribution < -0.4 is 16.2 Å². The van der Waals surface area contributed by atoms with Crippen LogP contribution in [0.5, 0.6) is 0 Å². The zero-order valence-electron chi connectivity index (χ0n) is 17.4. The number of aromatic amines is 1. The summed E-state index contributed by atoms with van der Waals surface area (Å²) in [4.78, 5) is 44.7. The second-order valence-corrected chi connectivity index (χ2v) is 7.66. The van der Waals surface area contributed by atoms with Crippen LogP contribution in [0.1, 0.15) is 48.3 Å². The van der Waals surface area contributed by atoms with E-state index in [4.69, 9.17) is 0 Å². The molecule has 1 aliphatic rings. The first-order valence-corrected chi connectivity index (χ1v) is 10.3. The minimum Gasteiger partial charge on any atom is -0.341 e. The van der Waals surface area contributed by atoms with Gasteiger partial charge in [-0.1, -0.05) is 30.3 Å². The Labute approximate surface area is 178 Å². The van der Waals surface area contributed by atoms with Gasteiger partial charge < -0.3 is 10.6 Å². The smallest absolute Gasteiger partial charge is 0.314 e. The van der Waals surface area contributed by atoms with Gasteiger partial charge in [-0.15, -0.1) is 0 Å². The van der Waals surface area contributed by atoms with Crippen molar-refractivity contribution in [2.45, 2.75) is 45.6 Å². The highest BCUT2D eigenvalue weighted by molar-refractivity contribution is 6.39. The zero-order valence-corrected chi connectivity index (χ0v) is 17.4. The Balaban J connectivity index is 1.54. The first kappa shape index (κ1) is 20.5. The van der Waals surface area contributed by atoms with E-state index in [-0.39, 0.29) is 23.4 Å². The van der Waals surface area contributed by atoms with Crippen molar-refractivity contribution < 1.29 is 9.59 Å². The third kappa shape index (κ3) is 4.40. The van der Waals surface area contributed by atoms with Gasteiger partial charge in [-0.05, 0) is 45.1 Å². The van der Waals surface area contributed by atoms with Gasteiger partial charge in [-0.3, -0.25) is 19.4 Å². The molecule has 3 aromatic rings. The summed E-state index contributed by atoms with van der Waals surface area (Å²) in [5.74, 6) is -1.13. The van der Waals surface area contributed by atoms with Crippen molar-refractivity contribution in [2.24, 2.45) is 0 Å². The van der Waals surface area contributed by atoms with Crippen LogP contribution >= 0.6 is 0 Å². The number of carbonyl (C=O) groups is 2. The van der Waals surface area contributed by atoms with E-state index in [9.17, 15) is 14.4 Å². The quantitative estimate of drug-likeness (QED) is 0.557. The number of nitrogens with one attached hydrogen (secondary N) is 3. The van der Waals surface area contributed by atoms with Gasteiger partial charge in [0.15, 0.2) is 0 Å². The Bertz CT molecular complexity index is 1180. The number of hydrogen-bond acceptors (Lipinski definition) is 5. The van der Waals surface area contributed by atoms with Gasteiger partial charge in [0, 0.05) is 11.6 Å². The minimum absolute atomic E-state index is 0.195. The fourth-order valence-electron chi connectivity index (χ4n) is 3.70. The minimum atomic E-state index is -0.829. The summed E-state index contributed by atoms with van der Waals surface area (Å²) >= 11 is 0. The molecule has 160 valence electrons. The van der Waals surface area contributed by atoms with Crippen LogP contribution in [-0.2, 0) is 22.4 Å². The number of hydrogen-bond donors (Lipinski definition) is 3. The molecule has 0 bridgehead atoms. The summed E-state index contributed by atoms with van der Waals surface area (Å²) in [6, 6.07) is 10.7. The van der Waals surface area contributed by atoms with E-state index in [1.807, 2.05) is 30.3 Å². The molecule has 9 heteroatoms. The van der Waals surface area contributed by atoms with Crippen LogP contribution in [0.15, 0.2) is 41.2 Å². The molecule has 31 heavy (non-hydrogen) atoms. The Morgan fingerprint density at radius 1 is 1.13 bits per heavy atom. The lowest BCUT2D eigenvalue weighted by atomic mass is 9.97. The van der Waals surface area contributed by atoms with Gasteiger partial charge in [-0.2, -0.15) is 9.78 Å². The summed E-state index contributed by atoms with van der Waals surface area (Å²) in [7, 11) is 0. The second kappa shape index (κ2) is 8.55. The van der Waals surface area contributed by atoms with Gasteiger partial charge in [0.1, 0.15) is 5.82 Å². The molecule has 1 unspecified atom stereocenters. The van der Waals surface area contributed by atoms with Crippen LogP contribution in [0.25, 0.3) is 5.95 Å². The van der Waals surface area contributed by atoms with Crippen molar-refractivity contribution >= 4 is 17.6 Å². The van der Waals surface area contributed by atoms with E-state index < -0.39 is 11.8 Å². The van der Waals surface area contributed by atoms with Gasteiger partial charge >= 0.3 is 11.8 Å². The van der Waals surface area contributed by atoms with E-state index >= 15 is 0 Å². The maximum Gasteiger partial charge on any atom is 0.314 e. The third-order valence-electron chi connectivity index (χ3n) is 5.31. The van der Waals surface area contributed by atoms with Crippen LogP contribution in [0, 0.1) is 6.92 Å². The number of fused-ring (bicyclic) bond motifs is 1. The molecule has 0 spiro atoms. The highest BCUT2D eigenvalue weighted by Crippen LogP contribution is 2.19. The molecule has 0 radical (unpaired) electrons. The summed E-state index contributed by atoms with van der Waals surface area (Å²) < 4.78 is 1.34. The second-order valence-electron chi connectivity index (χ2n) is 7.66. The number of carbonyl (C=O) groups excluding carboxylic acids is 2. The first-order chi connectivity index (χ1) is 14.9. The number of H-pyrrole nitrogens is 1. The normalized spacial score (nSPS) is 13.9. The lowest BCUT2D eigenvalue weighted by Gasteiger charge is -2.16. The lowest BCUT2D eigenvalue weighted by Crippen LogP contribution is -2.37. The van der Waals surface area contributed by atoms with Gasteiger partial charge in [-0.25, -0.2) is 4.98 Å². The maximum atomic E-state index is 12.5. The largest absolute Gasteiger partial charge is 0.341 e. The molecule has 1 aromatic carbocycles. The molecule has 9 nitrogen and oxygen atoms in total. The van der Waals surface area contributed by atoms with Gasteiger partial charge in [0.2, 0.25) is 5.95 Å². The van der Waals surface area contributed by atoms with Gasteiger partial charge in [0.05, 0.1) is 17.4 Å². The summed E-state index contributed by atoms with van der Waals surface area (Å²) in [5.41, 5.74) is 2.76. The predicted octanol–water partition coefficient (Wildman–Crippen LogP) is 1.96. The van der Waals surface area contributed by atoms with Crippen molar-refractivity contribution in [3.8, 4) is 5.95 Å². The molecule has 1 atom stereocenters. The summed E-state index contributed by atoms with van der Waals surface area (Å²) in [6.07, 6.45) is 3.38. The SMILES string of the molecule is Cc1cc(NC(=O)C(=O)NC(C)c2ccccc2)n(-c2nc3c(c(=O)[nH]2)CCCC3)n1. The highest BCUT2D eigenvalue weighted by atomic mass is 16.2. The van der Waals surface area contributed by atoms with Crippen molar-refractivity contribution in [1.29, 1.82) is 0 Å². The molecule has 0 saturated heterocycles.